The second-order valence-corrected chi connectivity index (χ2v) is 8.57. The van der Waals surface area contributed by atoms with Gasteiger partial charge in [-0.15, -0.1) is 11.3 Å². The molecule has 4 aromatic rings. The summed E-state index contributed by atoms with van der Waals surface area (Å²) in [5, 5.41) is 11.2. The molecular weight excluding hydrogens is 444 g/mol. The number of fused-ring (bicyclic) bond motifs is 1. The van der Waals surface area contributed by atoms with E-state index in [1.807, 2.05) is 48.5 Å². The summed E-state index contributed by atoms with van der Waals surface area (Å²) >= 11 is 8.21. The number of carbonyl (C=O) groups excluding carboxylic acids is 1. The predicted molar refractivity (Wildman–Crippen MR) is 130 cm³/mol. The molecule has 1 aliphatic heterocycles. The summed E-state index contributed by atoms with van der Waals surface area (Å²) in [7, 11) is 1.61. The minimum Gasteiger partial charge on any atom is -0.508 e. The van der Waals surface area contributed by atoms with Crippen molar-refractivity contribution in [1.29, 1.82) is 0 Å². The molecule has 1 aromatic heterocycles. The lowest BCUT2D eigenvalue weighted by atomic mass is 10.2. The van der Waals surface area contributed by atoms with Crippen molar-refractivity contribution < 1.29 is 14.6 Å². The van der Waals surface area contributed by atoms with E-state index in [-0.39, 0.29) is 11.7 Å². The van der Waals surface area contributed by atoms with E-state index in [4.69, 9.17) is 21.3 Å². The van der Waals surface area contributed by atoms with Crippen LogP contribution in [0.4, 0.5) is 5.69 Å². The van der Waals surface area contributed by atoms with Gasteiger partial charge in [0.2, 0.25) is 0 Å². The van der Waals surface area contributed by atoms with E-state index in [1.165, 1.54) is 28.4 Å². The molecule has 0 unspecified atom stereocenters. The maximum atomic E-state index is 13.4. The molecule has 0 saturated carbocycles. The van der Waals surface area contributed by atoms with E-state index in [0.717, 1.165) is 21.4 Å². The number of hydrogen-bond acceptors (Lipinski definition) is 5. The Hall–Kier alpha value is -3.61. The summed E-state index contributed by atoms with van der Waals surface area (Å²) in [5.74, 6) is 1.05. The first-order valence-corrected chi connectivity index (χ1v) is 11.0. The van der Waals surface area contributed by atoms with Gasteiger partial charge in [-0.25, -0.2) is 4.99 Å². The van der Waals surface area contributed by atoms with Crippen LogP contribution in [0.2, 0.25) is 5.02 Å². The van der Waals surface area contributed by atoms with E-state index in [1.54, 1.807) is 25.3 Å². The molecule has 1 aliphatic rings. The van der Waals surface area contributed by atoms with Crippen molar-refractivity contribution in [2.45, 2.75) is 0 Å². The van der Waals surface area contributed by atoms with E-state index < -0.39 is 0 Å². The number of anilines is 1. The number of aromatic hydroxyl groups is 1. The number of phenolic OH excluding ortho intramolecular Hbond substituents is 1. The Balaban J connectivity index is 1.65. The number of hydrogen-bond donors (Lipinski definition) is 1. The summed E-state index contributed by atoms with van der Waals surface area (Å²) in [6.07, 6.45) is 1.74. The standard InChI is InChI=1S/C25H17ClN2O3S/c1-31-18-12-6-15(7-13-18)14-20-25(30)28(16-8-10-17(29)11-9-16)24(27-20)23-22(26)19-4-2-3-5-21(19)32-23/h2-14,29H,1H3/b20-14+. The summed E-state index contributed by atoms with van der Waals surface area (Å²) in [5.41, 5.74) is 1.72. The summed E-state index contributed by atoms with van der Waals surface area (Å²) in [6.45, 7) is 0. The van der Waals surface area contributed by atoms with Crippen LogP contribution in [0.1, 0.15) is 10.4 Å². The molecule has 2 heterocycles. The van der Waals surface area contributed by atoms with E-state index in [2.05, 4.69) is 0 Å². The van der Waals surface area contributed by atoms with Crippen LogP contribution < -0.4 is 9.64 Å². The van der Waals surface area contributed by atoms with Gasteiger partial charge in [0.1, 0.15) is 17.2 Å². The second-order valence-electron chi connectivity index (χ2n) is 7.14. The largest absolute Gasteiger partial charge is 0.508 e. The molecule has 0 aliphatic carbocycles. The average molecular weight is 461 g/mol. The molecule has 1 amide bonds. The normalized spacial score (nSPS) is 14.9. The zero-order valence-corrected chi connectivity index (χ0v) is 18.5. The molecule has 0 bridgehead atoms. The highest BCUT2D eigenvalue weighted by Gasteiger charge is 2.35. The SMILES string of the molecule is COc1ccc(/C=C2/N=C(c3sc4ccccc4c3Cl)N(c3ccc(O)cc3)C2=O)cc1. The van der Waals surface area contributed by atoms with Crippen molar-refractivity contribution >= 4 is 56.5 Å². The molecule has 0 radical (unpaired) electrons. The van der Waals surface area contributed by atoms with Gasteiger partial charge in [-0.3, -0.25) is 9.69 Å². The third-order valence-electron chi connectivity index (χ3n) is 5.13. The number of carbonyl (C=O) groups is 1. The van der Waals surface area contributed by atoms with Crippen molar-refractivity contribution in [2.24, 2.45) is 4.99 Å². The lowest BCUT2D eigenvalue weighted by Crippen LogP contribution is -2.32. The molecule has 158 valence electrons. The highest BCUT2D eigenvalue weighted by atomic mass is 35.5. The number of halogens is 1. The van der Waals surface area contributed by atoms with Crippen LogP contribution in [0, 0.1) is 0 Å². The first-order valence-electron chi connectivity index (χ1n) is 9.80. The number of amidine groups is 1. The van der Waals surface area contributed by atoms with Crippen LogP contribution in [0.15, 0.2) is 83.5 Å². The van der Waals surface area contributed by atoms with Gasteiger partial charge < -0.3 is 9.84 Å². The molecule has 0 atom stereocenters. The topological polar surface area (TPSA) is 62.1 Å². The van der Waals surface area contributed by atoms with Gasteiger partial charge in [0.25, 0.3) is 5.91 Å². The zero-order chi connectivity index (χ0) is 22.2. The van der Waals surface area contributed by atoms with Crippen LogP contribution in [0.25, 0.3) is 16.2 Å². The van der Waals surface area contributed by atoms with E-state index >= 15 is 0 Å². The van der Waals surface area contributed by atoms with Crippen LogP contribution in [-0.2, 0) is 4.79 Å². The molecule has 1 N–H and O–H groups in total. The molecular formula is C25H17ClN2O3S. The fourth-order valence-corrected chi connectivity index (χ4v) is 5.02. The number of phenols is 1. The number of ether oxygens (including phenoxy) is 1. The van der Waals surface area contributed by atoms with Crippen molar-refractivity contribution in [3.63, 3.8) is 0 Å². The van der Waals surface area contributed by atoms with Crippen LogP contribution in [-0.4, -0.2) is 24.0 Å². The predicted octanol–water partition coefficient (Wildman–Crippen LogP) is 6.10. The van der Waals surface area contributed by atoms with Crippen molar-refractivity contribution in [3.8, 4) is 11.5 Å². The van der Waals surface area contributed by atoms with Gasteiger partial charge in [-0.2, -0.15) is 0 Å². The lowest BCUT2D eigenvalue weighted by molar-refractivity contribution is -0.113. The minimum atomic E-state index is -0.268. The number of rotatable bonds is 4. The number of thiophene rings is 1. The molecule has 7 heteroatoms. The van der Waals surface area contributed by atoms with Crippen LogP contribution >= 0.6 is 22.9 Å². The first-order chi connectivity index (χ1) is 15.5. The van der Waals surface area contributed by atoms with Crippen LogP contribution in [0.5, 0.6) is 11.5 Å². The number of aliphatic imine (C=N–C) groups is 1. The molecule has 5 nitrogen and oxygen atoms in total. The van der Waals surface area contributed by atoms with Gasteiger partial charge in [-0.1, -0.05) is 41.9 Å². The average Bonchev–Trinajstić information content (AvgIpc) is 3.32. The highest BCUT2D eigenvalue weighted by Crippen LogP contribution is 2.39. The van der Waals surface area contributed by atoms with Crippen molar-refractivity contribution in [1.82, 2.24) is 0 Å². The Morgan fingerprint density at radius 3 is 2.44 bits per heavy atom. The molecule has 5 rings (SSSR count). The fraction of sp³-hybridized carbons (Fsp3) is 0.0400. The smallest absolute Gasteiger partial charge is 0.282 e. The maximum Gasteiger partial charge on any atom is 0.282 e. The maximum absolute atomic E-state index is 13.4. The van der Waals surface area contributed by atoms with Crippen LogP contribution in [0.3, 0.4) is 0 Å². The van der Waals surface area contributed by atoms with Gasteiger partial charge in [0, 0.05) is 10.1 Å². The quantitative estimate of drug-likeness (QED) is 0.374. The third kappa shape index (κ3) is 3.53. The fourth-order valence-electron chi connectivity index (χ4n) is 3.53. The molecule has 0 saturated heterocycles. The van der Waals surface area contributed by atoms with Gasteiger partial charge in [0.15, 0.2) is 5.84 Å². The van der Waals surface area contributed by atoms with E-state index in [9.17, 15) is 9.90 Å². The Kier molecular flexibility index (Phi) is 5.17. The Morgan fingerprint density at radius 1 is 1.03 bits per heavy atom. The van der Waals surface area contributed by atoms with E-state index in [0.29, 0.717) is 27.1 Å². The van der Waals surface area contributed by atoms with Crippen molar-refractivity contribution in [2.75, 3.05) is 12.0 Å². The Labute approximate surface area is 193 Å². The number of methoxy groups -OCH3 is 1. The zero-order valence-electron chi connectivity index (χ0n) is 16.9. The monoisotopic (exact) mass is 460 g/mol. The number of benzene rings is 3. The highest BCUT2D eigenvalue weighted by molar-refractivity contribution is 7.21. The summed E-state index contributed by atoms with van der Waals surface area (Å²) < 4.78 is 6.22. The lowest BCUT2D eigenvalue weighted by Gasteiger charge is -2.18. The number of nitrogens with zero attached hydrogens (tertiary/aromatic N) is 2. The van der Waals surface area contributed by atoms with Crippen molar-refractivity contribution in [3.05, 3.63) is 94.0 Å². The first kappa shape index (κ1) is 20.3. The summed E-state index contributed by atoms with van der Waals surface area (Å²) in [6, 6.07) is 21.7. The number of amides is 1. The summed E-state index contributed by atoms with van der Waals surface area (Å²) in [4.78, 5) is 20.4. The Morgan fingerprint density at radius 2 is 1.75 bits per heavy atom. The Bertz CT molecular complexity index is 1390. The van der Waals surface area contributed by atoms with Gasteiger partial charge in [0.05, 0.1) is 22.7 Å². The minimum absolute atomic E-state index is 0.118. The third-order valence-corrected chi connectivity index (χ3v) is 6.80. The van der Waals surface area contributed by atoms with Gasteiger partial charge in [-0.05, 0) is 54.1 Å². The molecule has 0 spiro atoms. The van der Waals surface area contributed by atoms with Gasteiger partial charge >= 0.3 is 0 Å². The molecule has 0 fully saturated rings. The molecule has 32 heavy (non-hydrogen) atoms. The second kappa shape index (κ2) is 8.15. The molecule has 3 aromatic carbocycles.